The van der Waals surface area contributed by atoms with Crippen molar-refractivity contribution < 1.29 is 5.11 Å². The van der Waals surface area contributed by atoms with Crippen LogP contribution in [0.4, 0.5) is 11.6 Å². The van der Waals surface area contributed by atoms with Gasteiger partial charge in [0.05, 0.1) is 6.61 Å². The smallest absolute Gasteiger partial charge is 0.131 e. The van der Waals surface area contributed by atoms with Crippen LogP contribution in [0.1, 0.15) is 32.1 Å². The summed E-state index contributed by atoms with van der Waals surface area (Å²) in [7, 11) is 0. The molecule has 1 aliphatic rings. The van der Waals surface area contributed by atoms with Gasteiger partial charge in [-0.15, -0.1) is 0 Å². The Morgan fingerprint density at radius 3 is 2.71 bits per heavy atom. The number of hydrogen-bond acceptors (Lipinski definition) is 5. The number of aromatic nitrogens is 2. The van der Waals surface area contributed by atoms with Gasteiger partial charge >= 0.3 is 0 Å². The number of aliphatic hydroxyl groups is 1. The summed E-state index contributed by atoms with van der Waals surface area (Å²) in [6.45, 7) is 0.987. The summed E-state index contributed by atoms with van der Waals surface area (Å²) >= 11 is 0. The van der Waals surface area contributed by atoms with E-state index in [9.17, 15) is 5.11 Å². The van der Waals surface area contributed by atoms with Crippen molar-refractivity contribution in [3.05, 3.63) is 12.4 Å². The third-order valence-electron chi connectivity index (χ3n) is 3.58. The first kappa shape index (κ1) is 12.1. The van der Waals surface area contributed by atoms with Crippen molar-refractivity contribution >= 4 is 11.6 Å². The minimum Gasteiger partial charge on any atom is -0.396 e. The number of nitrogens with zero attached hydrogens (tertiary/aromatic N) is 2. The number of anilines is 2. The predicted molar refractivity (Wildman–Crippen MR) is 67.5 cm³/mol. The summed E-state index contributed by atoms with van der Waals surface area (Å²) in [5, 5.41) is 12.8. The van der Waals surface area contributed by atoms with Gasteiger partial charge in [0.25, 0.3) is 0 Å². The van der Waals surface area contributed by atoms with Gasteiger partial charge in [-0.3, -0.25) is 0 Å². The largest absolute Gasteiger partial charge is 0.396 e. The van der Waals surface area contributed by atoms with Crippen molar-refractivity contribution in [2.45, 2.75) is 32.1 Å². The first-order valence-corrected chi connectivity index (χ1v) is 6.16. The van der Waals surface area contributed by atoms with E-state index in [1.807, 2.05) is 0 Å². The summed E-state index contributed by atoms with van der Waals surface area (Å²) in [6.07, 6.45) is 7.29. The molecule has 0 atom stereocenters. The van der Waals surface area contributed by atoms with Crippen molar-refractivity contribution in [1.82, 2.24) is 9.97 Å². The Morgan fingerprint density at radius 2 is 2.06 bits per heavy atom. The maximum atomic E-state index is 9.58. The fourth-order valence-corrected chi connectivity index (χ4v) is 2.44. The Morgan fingerprint density at radius 1 is 1.29 bits per heavy atom. The number of nitrogens with one attached hydrogen (secondary N) is 1. The highest BCUT2D eigenvalue weighted by atomic mass is 16.3. The van der Waals surface area contributed by atoms with Gasteiger partial charge in [-0.05, 0) is 12.8 Å². The summed E-state index contributed by atoms with van der Waals surface area (Å²) in [6, 6.07) is 1.72. The van der Waals surface area contributed by atoms with Crippen LogP contribution in [0.5, 0.6) is 0 Å². The molecule has 1 aliphatic carbocycles. The zero-order valence-electron chi connectivity index (χ0n) is 10.0. The Bertz CT molecular complexity index is 363. The van der Waals surface area contributed by atoms with Crippen molar-refractivity contribution in [3.8, 4) is 0 Å². The van der Waals surface area contributed by atoms with Crippen LogP contribution in [0.3, 0.4) is 0 Å². The molecule has 5 nitrogen and oxygen atoms in total. The quantitative estimate of drug-likeness (QED) is 0.736. The van der Waals surface area contributed by atoms with Gasteiger partial charge in [-0.2, -0.15) is 0 Å². The van der Waals surface area contributed by atoms with Crippen LogP contribution < -0.4 is 11.1 Å². The van der Waals surface area contributed by atoms with Crippen LogP contribution in [0.15, 0.2) is 12.4 Å². The Labute approximate surface area is 101 Å². The van der Waals surface area contributed by atoms with E-state index in [1.165, 1.54) is 25.6 Å². The van der Waals surface area contributed by atoms with Crippen LogP contribution in [0.25, 0.3) is 0 Å². The summed E-state index contributed by atoms with van der Waals surface area (Å²) < 4.78 is 0. The maximum Gasteiger partial charge on any atom is 0.131 e. The Balaban J connectivity index is 1.95. The molecule has 0 aliphatic heterocycles. The van der Waals surface area contributed by atoms with Gasteiger partial charge < -0.3 is 16.2 Å². The molecule has 0 radical (unpaired) electrons. The first-order valence-electron chi connectivity index (χ1n) is 6.16. The molecule has 0 spiro atoms. The normalized spacial score (nSPS) is 18.9. The second-order valence-corrected chi connectivity index (χ2v) is 4.90. The molecule has 1 aromatic heterocycles. The number of aliphatic hydroxyl groups excluding tert-OH is 1. The minimum atomic E-state index is 0.0119. The molecule has 1 heterocycles. The second kappa shape index (κ2) is 5.31. The van der Waals surface area contributed by atoms with Crippen LogP contribution in [-0.4, -0.2) is 28.2 Å². The zero-order valence-corrected chi connectivity index (χ0v) is 10.0. The van der Waals surface area contributed by atoms with Crippen molar-refractivity contribution in [1.29, 1.82) is 0 Å². The average molecular weight is 236 g/mol. The van der Waals surface area contributed by atoms with Crippen LogP contribution >= 0.6 is 0 Å². The molecule has 0 aromatic carbocycles. The van der Waals surface area contributed by atoms with Crippen molar-refractivity contribution in [3.63, 3.8) is 0 Å². The highest BCUT2D eigenvalue weighted by Gasteiger charge is 2.31. The number of rotatable bonds is 4. The Hall–Kier alpha value is -1.36. The first-order chi connectivity index (χ1) is 8.24. The second-order valence-electron chi connectivity index (χ2n) is 4.90. The van der Waals surface area contributed by atoms with E-state index in [2.05, 4.69) is 15.3 Å². The molecule has 0 bridgehead atoms. The van der Waals surface area contributed by atoms with Crippen molar-refractivity contribution in [2.24, 2.45) is 5.41 Å². The molecule has 4 N–H and O–H groups in total. The topological polar surface area (TPSA) is 84.1 Å². The lowest BCUT2D eigenvalue weighted by Crippen LogP contribution is -2.35. The molecule has 1 fully saturated rings. The van der Waals surface area contributed by atoms with Crippen LogP contribution in [0.2, 0.25) is 0 Å². The molecule has 94 valence electrons. The molecular formula is C12H20N4O. The van der Waals surface area contributed by atoms with E-state index in [0.29, 0.717) is 5.82 Å². The zero-order chi connectivity index (χ0) is 12.1. The van der Waals surface area contributed by atoms with Crippen LogP contribution in [-0.2, 0) is 0 Å². The highest BCUT2D eigenvalue weighted by Crippen LogP contribution is 2.35. The molecule has 2 rings (SSSR count). The van der Waals surface area contributed by atoms with Gasteiger partial charge in [0.15, 0.2) is 0 Å². The summed E-state index contributed by atoms with van der Waals surface area (Å²) in [5.41, 5.74) is 5.60. The van der Waals surface area contributed by atoms with E-state index < -0.39 is 0 Å². The van der Waals surface area contributed by atoms with E-state index in [1.54, 1.807) is 6.07 Å². The number of nitrogen functional groups attached to an aromatic ring is 1. The van der Waals surface area contributed by atoms with Gasteiger partial charge in [-0.25, -0.2) is 9.97 Å². The number of hydrogen-bond donors (Lipinski definition) is 3. The van der Waals surface area contributed by atoms with E-state index in [-0.39, 0.29) is 12.0 Å². The van der Waals surface area contributed by atoms with Gasteiger partial charge in [0, 0.05) is 18.0 Å². The van der Waals surface area contributed by atoms with Gasteiger partial charge in [0.1, 0.15) is 18.0 Å². The molecule has 1 aromatic rings. The third-order valence-corrected chi connectivity index (χ3v) is 3.58. The maximum absolute atomic E-state index is 9.58. The molecule has 5 heteroatoms. The standard InChI is InChI=1S/C12H20N4O/c13-10-6-11(16-9-15-10)14-7-12(8-17)4-2-1-3-5-12/h6,9,17H,1-5,7-8H2,(H3,13,14,15,16). The fourth-order valence-electron chi connectivity index (χ4n) is 2.44. The van der Waals surface area contributed by atoms with Crippen molar-refractivity contribution in [2.75, 3.05) is 24.2 Å². The van der Waals surface area contributed by atoms with Gasteiger partial charge in [-0.1, -0.05) is 19.3 Å². The van der Waals surface area contributed by atoms with E-state index in [0.717, 1.165) is 25.2 Å². The van der Waals surface area contributed by atoms with Crippen LogP contribution in [0, 0.1) is 5.41 Å². The molecular weight excluding hydrogens is 216 g/mol. The lowest BCUT2D eigenvalue weighted by molar-refractivity contribution is 0.0943. The van der Waals surface area contributed by atoms with Gasteiger partial charge in [0.2, 0.25) is 0 Å². The minimum absolute atomic E-state index is 0.0119. The number of nitrogens with two attached hydrogens (primary N) is 1. The molecule has 17 heavy (non-hydrogen) atoms. The third kappa shape index (κ3) is 3.06. The van der Waals surface area contributed by atoms with E-state index in [4.69, 9.17) is 5.73 Å². The SMILES string of the molecule is Nc1cc(NCC2(CO)CCCCC2)ncn1. The summed E-state index contributed by atoms with van der Waals surface area (Å²) in [4.78, 5) is 7.95. The predicted octanol–water partition coefficient (Wildman–Crippen LogP) is 1.41. The summed E-state index contributed by atoms with van der Waals surface area (Å²) in [5.74, 6) is 1.19. The Kier molecular flexibility index (Phi) is 3.78. The molecule has 1 saturated carbocycles. The lowest BCUT2D eigenvalue weighted by atomic mass is 9.74. The fraction of sp³-hybridized carbons (Fsp3) is 0.667. The average Bonchev–Trinajstić information content (AvgIpc) is 2.38. The lowest BCUT2D eigenvalue weighted by Gasteiger charge is -2.35. The molecule has 0 amide bonds. The highest BCUT2D eigenvalue weighted by molar-refractivity contribution is 5.43. The molecule has 0 saturated heterocycles. The monoisotopic (exact) mass is 236 g/mol. The molecule has 0 unspecified atom stereocenters. The van der Waals surface area contributed by atoms with E-state index >= 15 is 0 Å².